The molecule has 2 heterocycles. The highest BCUT2D eigenvalue weighted by Gasteiger charge is 2.27. The highest BCUT2D eigenvalue weighted by molar-refractivity contribution is 5.80. The summed E-state index contributed by atoms with van der Waals surface area (Å²) in [5.74, 6) is 0.0511. The molecule has 2 rings (SSSR count). The summed E-state index contributed by atoms with van der Waals surface area (Å²) in [7, 11) is 1.89. The van der Waals surface area contributed by atoms with E-state index >= 15 is 0 Å². The van der Waals surface area contributed by atoms with Crippen molar-refractivity contribution in [1.29, 1.82) is 0 Å². The zero-order chi connectivity index (χ0) is 13.8. The molecule has 1 N–H and O–H groups in total. The van der Waals surface area contributed by atoms with Crippen LogP contribution in [0, 0.1) is 0 Å². The summed E-state index contributed by atoms with van der Waals surface area (Å²) >= 11 is 0. The van der Waals surface area contributed by atoms with Crippen molar-refractivity contribution in [2.24, 2.45) is 7.05 Å². The van der Waals surface area contributed by atoms with E-state index in [9.17, 15) is 9.59 Å². The number of carbonyl (C=O) groups is 2. The third-order valence-corrected chi connectivity index (χ3v) is 3.44. The van der Waals surface area contributed by atoms with Gasteiger partial charge in [-0.2, -0.15) is 0 Å². The molecule has 1 aliphatic rings. The van der Waals surface area contributed by atoms with Gasteiger partial charge in [0.05, 0.1) is 6.42 Å². The van der Waals surface area contributed by atoms with Crippen LogP contribution in [0.5, 0.6) is 0 Å². The van der Waals surface area contributed by atoms with Crippen molar-refractivity contribution < 1.29 is 14.7 Å². The molecule has 104 valence electrons. The molecule has 0 saturated carbocycles. The molecule has 0 aromatic carbocycles. The third kappa shape index (κ3) is 3.30. The van der Waals surface area contributed by atoms with E-state index in [1.54, 1.807) is 11.2 Å². The number of amides is 1. The maximum Gasteiger partial charge on any atom is 0.303 e. The second kappa shape index (κ2) is 5.81. The van der Waals surface area contributed by atoms with Crippen LogP contribution < -0.4 is 0 Å². The number of aliphatic carboxylic acids is 1. The molecule has 1 unspecified atom stereocenters. The molecule has 0 bridgehead atoms. The highest BCUT2D eigenvalue weighted by atomic mass is 16.4. The molecule has 0 aliphatic carbocycles. The molecule has 1 atom stereocenters. The Hall–Kier alpha value is -1.92. The van der Waals surface area contributed by atoms with Crippen molar-refractivity contribution in [3.63, 3.8) is 0 Å². The second-order valence-electron chi connectivity index (χ2n) is 4.87. The lowest BCUT2D eigenvalue weighted by molar-refractivity contribution is -0.141. The number of nitrogens with zero attached hydrogens (tertiary/aromatic N) is 4. The molecule has 7 nitrogen and oxygen atoms in total. The number of carbonyl (C=O) groups excluding carboxylic acids is 1. The van der Waals surface area contributed by atoms with Crippen LogP contribution in [0.1, 0.15) is 37.4 Å². The number of hydrogen-bond acceptors (Lipinski definition) is 4. The Morgan fingerprint density at radius 1 is 1.47 bits per heavy atom. The zero-order valence-electron chi connectivity index (χ0n) is 10.9. The monoisotopic (exact) mass is 266 g/mol. The molecule has 7 heteroatoms. The fourth-order valence-electron chi connectivity index (χ4n) is 2.45. The molecule has 0 radical (unpaired) electrons. The molecule has 1 aromatic rings. The van der Waals surface area contributed by atoms with Gasteiger partial charge in [-0.25, -0.2) is 0 Å². The van der Waals surface area contributed by atoms with Gasteiger partial charge in [-0.05, 0) is 12.8 Å². The van der Waals surface area contributed by atoms with Gasteiger partial charge in [0, 0.05) is 32.5 Å². The predicted molar refractivity (Wildman–Crippen MR) is 66.4 cm³/mol. The molecule has 1 fully saturated rings. The SMILES string of the molecule is Cn1cnnc1C1CCCN(C(=O)CCC(=O)O)C1. The fraction of sp³-hybridized carbons (Fsp3) is 0.667. The second-order valence-corrected chi connectivity index (χ2v) is 4.87. The minimum absolute atomic E-state index is 0.0703. The van der Waals surface area contributed by atoms with E-state index in [-0.39, 0.29) is 24.7 Å². The lowest BCUT2D eigenvalue weighted by Crippen LogP contribution is -2.39. The minimum atomic E-state index is -0.935. The van der Waals surface area contributed by atoms with Gasteiger partial charge in [0.25, 0.3) is 0 Å². The van der Waals surface area contributed by atoms with Crippen molar-refractivity contribution in [3.8, 4) is 0 Å². The first-order valence-corrected chi connectivity index (χ1v) is 6.41. The molecule has 1 amide bonds. The lowest BCUT2D eigenvalue weighted by Gasteiger charge is -2.32. The zero-order valence-corrected chi connectivity index (χ0v) is 10.9. The number of carboxylic acid groups (broad SMARTS) is 1. The van der Waals surface area contributed by atoms with Crippen LogP contribution in [0.25, 0.3) is 0 Å². The van der Waals surface area contributed by atoms with Crippen molar-refractivity contribution in [2.45, 2.75) is 31.6 Å². The molecular weight excluding hydrogens is 248 g/mol. The Kier molecular flexibility index (Phi) is 4.13. The van der Waals surface area contributed by atoms with Crippen molar-refractivity contribution in [2.75, 3.05) is 13.1 Å². The maximum absolute atomic E-state index is 11.9. The molecule has 1 aliphatic heterocycles. The van der Waals surface area contributed by atoms with E-state index in [1.165, 1.54) is 0 Å². The Morgan fingerprint density at radius 2 is 2.26 bits per heavy atom. The first-order valence-electron chi connectivity index (χ1n) is 6.41. The van der Waals surface area contributed by atoms with Gasteiger partial charge in [-0.3, -0.25) is 9.59 Å². The summed E-state index contributed by atoms with van der Waals surface area (Å²) in [5.41, 5.74) is 0. The van der Waals surface area contributed by atoms with Crippen molar-refractivity contribution in [3.05, 3.63) is 12.2 Å². The van der Waals surface area contributed by atoms with Gasteiger partial charge < -0.3 is 14.6 Å². The van der Waals surface area contributed by atoms with Crippen LogP contribution in [-0.2, 0) is 16.6 Å². The number of hydrogen-bond donors (Lipinski definition) is 1. The Labute approximate surface area is 111 Å². The summed E-state index contributed by atoms with van der Waals surface area (Å²) in [5, 5.41) is 16.6. The van der Waals surface area contributed by atoms with E-state index in [0.717, 1.165) is 18.7 Å². The molecule has 1 aromatic heterocycles. The number of aryl methyl sites for hydroxylation is 1. The van der Waals surface area contributed by atoms with Gasteiger partial charge in [0.15, 0.2) is 0 Å². The van der Waals surface area contributed by atoms with Gasteiger partial charge >= 0.3 is 5.97 Å². The van der Waals surface area contributed by atoms with Crippen LogP contribution in [0.2, 0.25) is 0 Å². The van der Waals surface area contributed by atoms with Crippen LogP contribution in [0.4, 0.5) is 0 Å². The van der Waals surface area contributed by atoms with Crippen LogP contribution in [0.15, 0.2) is 6.33 Å². The van der Waals surface area contributed by atoms with Gasteiger partial charge in [-0.15, -0.1) is 10.2 Å². The van der Waals surface area contributed by atoms with E-state index < -0.39 is 5.97 Å². The summed E-state index contributed by atoms with van der Waals surface area (Å²) in [6, 6.07) is 0. The largest absolute Gasteiger partial charge is 0.481 e. The average Bonchev–Trinajstić information content (AvgIpc) is 2.82. The maximum atomic E-state index is 11.9. The summed E-state index contributed by atoms with van der Waals surface area (Å²) < 4.78 is 1.87. The number of aromatic nitrogens is 3. The smallest absolute Gasteiger partial charge is 0.303 e. The normalized spacial score (nSPS) is 19.4. The molecule has 0 spiro atoms. The van der Waals surface area contributed by atoms with E-state index in [0.29, 0.717) is 13.1 Å². The molecule has 1 saturated heterocycles. The number of carboxylic acids is 1. The minimum Gasteiger partial charge on any atom is -0.481 e. The number of piperidine rings is 1. The molecular formula is C12H18N4O3. The first-order chi connectivity index (χ1) is 9.08. The van der Waals surface area contributed by atoms with Gasteiger partial charge in [0.2, 0.25) is 5.91 Å². The Morgan fingerprint density at radius 3 is 2.89 bits per heavy atom. The van der Waals surface area contributed by atoms with Crippen molar-refractivity contribution in [1.82, 2.24) is 19.7 Å². The number of likely N-dealkylation sites (tertiary alicyclic amines) is 1. The fourth-order valence-corrected chi connectivity index (χ4v) is 2.45. The van der Waals surface area contributed by atoms with Crippen LogP contribution in [0.3, 0.4) is 0 Å². The van der Waals surface area contributed by atoms with E-state index in [1.807, 2.05) is 11.6 Å². The summed E-state index contributed by atoms with van der Waals surface area (Å²) in [4.78, 5) is 24.2. The average molecular weight is 266 g/mol. The summed E-state index contributed by atoms with van der Waals surface area (Å²) in [6.45, 7) is 1.30. The topological polar surface area (TPSA) is 88.3 Å². The highest BCUT2D eigenvalue weighted by Crippen LogP contribution is 2.25. The Bertz CT molecular complexity index is 471. The number of rotatable bonds is 4. The lowest BCUT2D eigenvalue weighted by atomic mass is 9.97. The van der Waals surface area contributed by atoms with Crippen molar-refractivity contribution >= 4 is 11.9 Å². The summed E-state index contributed by atoms with van der Waals surface area (Å²) in [6.07, 6.45) is 3.51. The van der Waals surface area contributed by atoms with E-state index in [4.69, 9.17) is 5.11 Å². The van der Waals surface area contributed by atoms with Crippen LogP contribution >= 0.6 is 0 Å². The predicted octanol–water partition coefficient (Wildman–Crippen LogP) is 0.386. The third-order valence-electron chi connectivity index (χ3n) is 3.44. The molecule has 19 heavy (non-hydrogen) atoms. The Balaban J connectivity index is 1.95. The quantitative estimate of drug-likeness (QED) is 0.851. The van der Waals surface area contributed by atoms with Gasteiger partial charge in [0.1, 0.15) is 12.2 Å². The standard InChI is InChI=1S/C12H18N4O3/c1-15-8-13-14-12(15)9-3-2-6-16(7-9)10(17)4-5-11(18)19/h8-9H,2-7H2,1H3,(H,18,19). The van der Waals surface area contributed by atoms with Crippen LogP contribution in [-0.4, -0.2) is 49.7 Å². The first kappa shape index (κ1) is 13.5. The van der Waals surface area contributed by atoms with E-state index in [2.05, 4.69) is 10.2 Å². The van der Waals surface area contributed by atoms with Gasteiger partial charge in [-0.1, -0.05) is 0 Å².